The molecule has 0 fully saturated rings. The zero-order valence-corrected chi connectivity index (χ0v) is 17.6. The summed E-state index contributed by atoms with van der Waals surface area (Å²) < 4.78 is 0. The van der Waals surface area contributed by atoms with E-state index in [0.29, 0.717) is 12.5 Å². The van der Waals surface area contributed by atoms with Gasteiger partial charge in [-0.2, -0.15) is 0 Å². The zero-order chi connectivity index (χ0) is 16.4. The molecule has 7 heteroatoms. The van der Waals surface area contributed by atoms with Crippen molar-refractivity contribution in [2.24, 2.45) is 4.99 Å². The van der Waals surface area contributed by atoms with Crippen LogP contribution in [-0.2, 0) is 11.2 Å². The van der Waals surface area contributed by atoms with E-state index in [1.165, 1.54) is 9.75 Å². The molecule has 1 amide bonds. The van der Waals surface area contributed by atoms with Gasteiger partial charge in [-0.25, -0.2) is 4.99 Å². The minimum Gasteiger partial charge on any atom is -0.357 e. The van der Waals surface area contributed by atoms with E-state index in [9.17, 15) is 4.79 Å². The van der Waals surface area contributed by atoms with E-state index in [0.717, 1.165) is 19.4 Å². The number of carbonyl (C=O) groups excluding carboxylic acids is 1. The molecule has 3 N–H and O–H groups in total. The highest BCUT2D eigenvalue weighted by atomic mass is 127. The van der Waals surface area contributed by atoms with Crippen LogP contribution in [0, 0.1) is 6.92 Å². The van der Waals surface area contributed by atoms with Crippen molar-refractivity contribution in [3.8, 4) is 0 Å². The molecule has 132 valence electrons. The Balaban J connectivity index is 0.00000484. The second-order valence-corrected chi connectivity index (χ2v) is 6.68. The van der Waals surface area contributed by atoms with E-state index in [2.05, 4.69) is 46.9 Å². The van der Waals surface area contributed by atoms with Crippen LogP contribution in [0.4, 0.5) is 0 Å². The van der Waals surface area contributed by atoms with Gasteiger partial charge < -0.3 is 16.0 Å². The van der Waals surface area contributed by atoms with Crippen LogP contribution in [0.15, 0.2) is 17.1 Å². The van der Waals surface area contributed by atoms with Crippen molar-refractivity contribution in [2.45, 2.75) is 46.6 Å². The molecule has 0 saturated heterocycles. The van der Waals surface area contributed by atoms with Gasteiger partial charge in [0, 0.05) is 35.3 Å². The summed E-state index contributed by atoms with van der Waals surface area (Å²) in [5, 5.41) is 9.36. The molecule has 0 aliphatic heterocycles. The fourth-order valence-electron chi connectivity index (χ4n) is 1.97. The monoisotopic (exact) mass is 452 g/mol. The summed E-state index contributed by atoms with van der Waals surface area (Å²) in [6.07, 6.45) is 1.88. The maximum atomic E-state index is 11.6. The Morgan fingerprint density at radius 1 is 1.30 bits per heavy atom. The lowest BCUT2D eigenvalue weighted by atomic mass is 10.2. The van der Waals surface area contributed by atoms with Crippen molar-refractivity contribution < 1.29 is 4.79 Å². The average molecular weight is 452 g/mol. The molecule has 0 saturated carbocycles. The molecule has 23 heavy (non-hydrogen) atoms. The molecule has 0 spiro atoms. The number of thiophene rings is 1. The van der Waals surface area contributed by atoms with Crippen LogP contribution in [0.2, 0.25) is 0 Å². The van der Waals surface area contributed by atoms with Crippen LogP contribution in [-0.4, -0.2) is 37.5 Å². The molecule has 1 rings (SSSR count). The molecular formula is C16H29IN4OS. The van der Waals surface area contributed by atoms with Crippen LogP contribution >= 0.6 is 35.3 Å². The molecule has 5 nitrogen and oxygen atoms in total. The fourth-order valence-corrected chi connectivity index (χ4v) is 2.99. The number of amides is 1. The van der Waals surface area contributed by atoms with Gasteiger partial charge in [-0.05, 0) is 39.3 Å². The maximum Gasteiger partial charge on any atom is 0.241 e. The number of aliphatic imine (C=N–C) groups is 1. The maximum absolute atomic E-state index is 11.6. The van der Waals surface area contributed by atoms with E-state index in [-0.39, 0.29) is 42.5 Å². The standard InChI is InChI=1S/C16H28N4OS.HI/c1-5-9-18-15(21)11-19-16(17-6-2)20-12(3)10-14-8-7-13(4)22-14;/h7-8,12H,5-6,9-11H2,1-4H3,(H,18,21)(H2,17,19,20);1H. The van der Waals surface area contributed by atoms with Crippen molar-refractivity contribution in [2.75, 3.05) is 19.6 Å². The lowest BCUT2D eigenvalue weighted by Gasteiger charge is -2.17. The second kappa shape index (κ2) is 12.6. The van der Waals surface area contributed by atoms with Gasteiger partial charge in [-0.3, -0.25) is 4.79 Å². The highest BCUT2D eigenvalue weighted by Crippen LogP contribution is 2.16. The van der Waals surface area contributed by atoms with Crippen LogP contribution in [0.5, 0.6) is 0 Å². The number of guanidine groups is 1. The Kier molecular flexibility index (Phi) is 12.1. The van der Waals surface area contributed by atoms with Gasteiger partial charge >= 0.3 is 0 Å². The molecule has 0 aromatic carbocycles. The topological polar surface area (TPSA) is 65.5 Å². The van der Waals surface area contributed by atoms with Gasteiger partial charge in [-0.1, -0.05) is 6.92 Å². The van der Waals surface area contributed by atoms with Crippen molar-refractivity contribution in [3.05, 3.63) is 21.9 Å². The third kappa shape index (κ3) is 9.80. The Morgan fingerprint density at radius 3 is 2.61 bits per heavy atom. The van der Waals surface area contributed by atoms with Gasteiger partial charge in [0.2, 0.25) is 5.91 Å². The van der Waals surface area contributed by atoms with Gasteiger partial charge in [0.25, 0.3) is 0 Å². The SMILES string of the molecule is CCCNC(=O)CN=C(NCC)NC(C)Cc1ccc(C)s1.I. The first-order valence-corrected chi connectivity index (χ1v) is 8.73. The lowest BCUT2D eigenvalue weighted by Crippen LogP contribution is -2.43. The number of nitrogens with one attached hydrogen (secondary N) is 3. The summed E-state index contributed by atoms with van der Waals surface area (Å²) in [5.41, 5.74) is 0. The molecule has 1 aromatic rings. The van der Waals surface area contributed by atoms with E-state index >= 15 is 0 Å². The molecule has 1 aromatic heterocycles. The quantitative estimate of drug-likeness (QED) is 0.323. The molecule has 1 unspecified atom stereocenters. The minimum atomic E-state index is -0.0411. The van der Waals surface area contributed by atoms with Crippen molar-refractivity contribution >= 4 is 47.2 Å². The number of hydrogen-bond donors (Lipinski definition) is 3. The first kappa shape index (κ1) is 22.2. The van der Waals surface area contributed by atoms with Gasteiger partial charge in [0.15, 0.2) is 5.96 Å². The predicted octanol–water partition coefficient (Wildman–Crippen LogP) is 2.69. The van der Waals surface area contributed by atoms with E-state index in [1.54, 1.807) is 0 Å². The molecule has 1 heterocycles. The van der Waals surface area contributed by atoms with Crippen LogP contribution in [0.25, 0.3) is 0 Å². The molecule has 1 atom stereocenters. The van der Waals surface area contributed by atoms with E-state index in [1.807, 2.05) is 25.2 Å². The third-order valence-electron chi connectivity index (χ3n) is 2.98. The Labute approximate surface area is 160 Å². The number of rotatable bonds is 8. The highest BCUT2D eigenvalue weighted by Gasteiger charge is 2.08. The Bertz CT molecular complexity index is 490. The number of aryl methyl sites for hydroxylation is 1. The molecule has 0 bridgehead atoms. The largest absolute Gasteiger partial charge is 0.357 e. The predicted molar refractivity (Wildman–Crippen MR) is 110 cm³/mol. The number of halogens is 1. The van der Waals surface area contributed by atoms with E-state index in [4.69, 9.17) is 0 Å². The Morgan fingerprint density at radius 2 is 2.04 bits per heavy atom. The third-order valence-corrected chi connectivity index (χ3v) is 4.01. The highest BCUT2D eigenvalue weighted by molar-refractivity contribution is 14.0. The van der Waals surface area contributed by atoms with Crippen LogP contribution < -0.4 is 16.0 Å². The normalized spacial score (nSPS) is 12.3. The minimum absolute atomic E-state index is 0. The van der Waals surface area contributed by atoms with Gasteiger partial charge in [0.05, 0.1) is 0 Å². The van der Waals surface area contributed by atoms with Crippen LogP contribution in [0.3, 0.4) is 0 Å². The first-order valence-electron chi connectivity index (χ1n) is 7.92. The lowest BCUT2D eigenvalue weighted by molar-refractivity contribution is -0.119. The number of hydrogen-bond acceptors (Lipinski definition) is 3. The molecule has 0 aliphatic rings. The smallest absolute Gasteiger partial charge is 0.241 e. The summed E-state index contributed by atoms with van der Waals surface area (Å²) in [7, 11) is 0. The molecular weight excluding hydrogens is 423 g/mol. The van der Waals surface area contributed by atoms with Crippen molar-refractivity contribution in [1.29, 1.82) is 0 Å². The van der Waals surface area contributed by atoms with Gasteiger partial charge in [-0.15, -0.1) is 35.3 Å². The Hall–Kier alpha value is -0.830. The molecule has 0 aliphatic carbocycles. The van der Waals surface area contributed by atoms with Gasteiger partial charge in [0.1, 0.15) is 6.54 Å². The number of nitrogens with zero attached hydrogens (tertiary/aromatic N) is 1. The fraction of sp³-hybridized carbons (Fsp3) is 0.625. The zero-order valence-electron chi connectivity index (χ0n) is 14.4. The van der Waals surface area contributed by atoms with Crippen LogP contribution in [0.1, 0.15) is 36.9 Å². The average Bonchev–Trinajstić information content (AvgIpc) is 2.87. The number of carbonyl (C=O) groups is 1. The first-order chi connectivity index (χ1) is 10.5. The summed E-state index contributed by atoms with van der Waals surface area (Å²) in [4.78, 5) is 18.6. The summed E-state index contributed by atoms with van der Waals surface area (Å²) in [6, 6.07) is 4.57. The summed E-state index contributed by atoms with van der Waals surface area (Å²) in [6.45, 7) is 9.91. The van der Waals surface area contributed by atoms with E-state index < -0.39 is 0 Å². The second-order valence-electron chi connectivity index (χ2n) is 5.31. The molecule has 0 radical (unpaired) electrons. The van der Waals surface area contributed by atoms with Crippen molar-refractivity contribution in [1.82, 2.24) is 16.0 Å². The summed E-state index contributed by atoms with van der Waals surface area (Å²) in [5.74, 6) is 0.649. The summed E-state index contributed by atoms with van der Waals surface area (Å²) >= 11 is 1.82. The van der Waals surface area contributed by atoms with Crippen molar-refractivity contribution in [3.63, 3.8) is 0 Å².